The number of ether oxygens (including phenoxy) is 3. The second-order valence-corrected chi connectivity index (χ2v) is 5.83. The first-order valence-corrected chi connectivity index (χ1v) is 8.20. The molecule has 6 nitrogen and oxygen atoms in total. The maximum atomic E-state index is 12.0. The van der Waals surface area contributed by atoms with Gasteiger partial charge in [0.1, 0.15) is 17.2 Å². The van der Waals surface area contributed by atoms with E-state index < -0.39 is 0 Å². The Morgan fingerprint density at radius 1 is 1.00 bits per heavy atom. The highest BCUT2D eigenvalue weighted by Gasteiger charge is 2.09. The molecule has 138 valence electrons. The van der Waals surface area contributed by atoms with Gasteiger partial charge in [0, 0.05) is 11.6 Å². The topological polar surface area (TPSA) is 69.2 Å². The SMILES string of the molecule is COc1ccc(/C(C)=N\NC(=O)COc2ccc(C)c(C)c2)c(OC)c1. The van der Waals surface area contributed by atoms with Gasteiger partial charge in [-0.3, -0.25) is 4.79 Å². The van der Waals surface area contributed by atoms with E-state index in [1.54, 1.807) is 27.2 Å². The molecule has 0 spiro atoms. The van der Waals surface area contributed by atoms with Crippen molar-refractivity contribution in [2.75, 3.05) is 20.8 Å². The molecule has 6 heteroatoms. The van der Waals surface area contributed by atoms with Crippen LogP contribution in [0.5, 0.6) is 17.2 Å². The van der Waals surface area contributed by atoms with E-state index in [0.717, 1.165) is 11.1 Å². The summed E-state index contributed by atoms with van der Waals surface area (Å²) >= 11 is 0. The number of carbonyl (C=O) groups is 1. The molecule has 0 radical (unpaired) electrons. The van der Waals surface area contributed by atoms with Crippen LogP contribution in [0.1, 0.15) is 23.6 Å². The number of aryl methyl sites for hydroxylation is 2. The number of hydrazone groups is 1. The highest BCUT2D eigenvalue weighted by Crippen LogP contribution is 2.25. The van der Waals surface area contributed by atoms with Gasteiger partial charge < -0.3 is 14.2 Å². The molecule has 0 saturated heterocycles. The van der Waals surface area contributed by atoms with Crippen LogP contribution in [0.4, 0.5) is 0 Å². The summed E-state index contributed by atoms with van der Waals surface area (Å²) in [6.07, 6.45) is 0. The third kappa shape index (κ3) is 4.99. The van der Waals surface area contributed by atoms with E-state index in [0.29, 0.717) is 23.0 Å². The molecule has 0 atom stereocenters. The number of benzene rings is 2. The number of hydrogen-bond acceptors (Lipinski definition) is 5. The van der Waals surface area contributed by atoms with Gasteiger partial charge in [0.15, 0.2) is 6.61 Å². The molecule has 0 aliphatic heterocycles. The first kappa shape index (κ1) is 19.3. The van der Waals surface area contributed by atoms with Gasteiger partial charge in [-0.2, -0.15) is 5.10 Å². The second-order valence-electron chi connectivity index (χ2n) is 5.83. The Bertz CT molecular complexity index is 815. The summed E-state index contributed by atoms with van der Waals surface area (Å²) < 4.78 is 16.0. The lowest BCUT2D eigenvalue weighted by Gasteiger charge is -2.10. The molecule has 2 rings (SSSR count). The fourth-order valence-corrected chi connectivity index (χ4v) is 2.29. The zero-order valence-electron chi connectivity index (χ0n) is 15.8. The summed E-state index contributed by atoms with van der Waals surface area (Å²) in [5, 5.41) is 4.12. The number of methoxy groups -OCH3 is 2. The van der Waals surface area contributed by atoms with Crippen molar-refractivity contribution in [2.24, 2.45) is 5.10 Å². The fourth-order valence-electron chi connectivity index (χ4n) is 2.29. The molecule has 0 aliphatic carbocycles. The highest BCUT2D eigenvalue weighted by atomic mass is 16.5. The highest BCUT2D eigenvalue weighted by molar-refractivity contribution is 6.01. The van der Waals surface area contributed by atoms with E-state index in [-0.39, 0.29) is 12.5 Å². The zero-order chi connectivity index (χ0) is 19.1. The summed E-state index contributed by atoms with van der Waals surface area (Å²) in [6.45, 7) is 5.70. The normalized spacial score (nSPS) is 11.0. The first-order chi connectivity index (χ1) is 12.4. The van der Waals surface area contributed by atoms with Crippen LogP contribution >= 0.6 is 0 Å². The molecule has 26 heavy (non-hydrogen) atoms. The minimum atomic E-state index is -0.338. The van der Waals surface area contributed by atoms with Crippen LogP contribution in [0, 0.1) is 13.8 Å². The molecule has 0 aromatic heterocycles. The zero-order valence-corrected chi connectivity index (χ0v) is 15.8. The standard InChI is InChI=1S/C20H24N2O4/c1-13-6-7-17(10-14(13)2)26-12-20(23)22-21-15(3)18-9-8-16(24-4)11-19(18)25-5/h6-11H,12H2,1-5H3,(H,22,23)/b21-15-. The van der Waals surface area contributed by atoms with Gasteiger partial charge in [-0.1, -0.05) is 6.07 Å². The lowest BCUT2D eigenvalue weighted by molar-refractivity contribution is -0.123. The summed E-state index contributed by atoms with van der Waals surface area (Å²) in [6, 6.07) is 11.1. The number of rotatable bonds is 7. The molecule has 1 amide bonds. The van der Waals surface area contributed by atoms with E-state index in [1.807, 2.05) is 44.2 Å². The average molecular weight is 356 g/mol. The Morgan fingerprint density at radius 3 is 2.38 bits per heavy atom. The number of carbonyl (C=O) groups excluding carboxylic acids is 1. The molecular weight excluding hydrogens is 332 g/mol. The van der Waals surface area contributed by atoms with Crippen molar-refractivity contribution >= 4 is 11.6 Å². The Balaban J connectivity index is 1.97. The maximum absolute atomic E-state index is 12.0. The molecule has 0 saturated carbocycles. The summed E-state index contributed by atoms with van der Waals surface area (Å²) in [5.74, 6) is 1.62. The minimum absolute atomic E-state index is 0.112. The first-order valence-electron chi connectivity index (χ1n) is 8.20. The van der Waals surface area contributed by atoms with Gasteiger partial charge in [-0.25, -0.2) is 5.43 Å². The van der Waals surface area contributed by atoms with Crippen molar-refractivity contribution in [1.82, 2.24) is 5.43 Å². The predicted octanol–water partition coefficient (Wildman–Crippen LogP) is 3.24. The molecule has 1 N–H and O–H groups in total. The van der Waals surface area contributed by atoms with Gasteiger partial charge in [-0.05, 0) is 56.2 Å². The molecule has 0 bridgehead atoms. The Kier molecular flexibility index (Phi) is 6.60. The monoisotopic (exact) mass is 356 g/mol. The van der Waals surface area contributed by atoms with E-state index in [2.05, 4.69) is 10.5 Å². The van der Waals surface area contributed by atoms with Crippen molar-refractivity contribution in [2.45, 2.75) is 20.8 Å². The third-order valence-electron chi connectivity index (χ3n) is 4.00. The third-order valence-corrected chi connectivity index (χ3v) is 4.00. The maximum Gasteiger partial charge on any atom is 0.277 e. The van der Waals surface area contributed by atoms with Crippen LogP contribution in [0.15, 0.2) is 41.5 Å². The quantitative estimate of drug-likeness (QED) is 0.611. The number of nitrogens with zero attached hydrogens (tertiary/aromatic N) is 1. The summed E-state index contributed by atoms with van der Waals surface area (Å²) in [7, 11) is 3.16. The molecule has 2 aromatic rings. The largest absolute Gasteiger partial charge is 0.497 e. The van der Waals surface area contributed by atoms with Gasteiger partial charge in [0.2, 0.25) is 0 Å². The van der Waals surface area contributed by atoms with Crippen LogP contribution in [0.3, 0.4) is 0 Å². The van der Waals surface area contributed by atoms with Gasteiger partial charge >= 0.3 is 0 Å². The summed E-state index contributed by atoms with van der Waals surface area (Å²) in [5.41, 5.74) is 6.17. The minimum Gasteiger partial charge on any atom is -0.497 e. The van der Waals surface area contributed by atoms with Crippen LogP contribution < -0.4 is 19.6 Å². The molecule has 0 unspecified atom stereocenters. The lowest BCUT2D eigenvalue weighted by Crippen LogP contribution is -2.25. The molecule has 2 aromatic carbocycles. The molecule has 0 fully saturated rings. The summed E-state index contributed by atoms with van der Waals surface area (Å²) in [4.78, 5) is 12.0. The number of nitrogens with one attached hydrogen (secondary N) is 1. The van der Waals surface area contributed by atoms with Crippen LogP contribution in [0.2, 0.25) is 0 Å². The lowest BCUT2D eigenvalue weighted by atomic mass is 10.1. The van der Waals surface area contributed by atoms with E-state index in [4.69, 9.17) is 14.2 Å². The van der Waals surface area contributed by atoms with E-state index >= 15 is 0 Å². The van der Waals surface area contributed by atoms with Gasteiger partial charge in [-0.15, -0.1) is 0 Å². The van der Waals surface area contributed by atoms with Crippen molar-refractivity contribution < 1.29 is 19.0 Å². The predicted molar refractivity (Wildman–Crippen MR) is 101 cm³/mol. The van der Waals surface area contributed by atoms with E-state index in [1.165, 1.54) is 5.56 Å². The number of amides is 1. The van der Waals surface area contributed by atoms with Crippen molar-refractivity contribution in [3.05, 3.63) is 53.1 Å². The Morgan fingerprint density at radius 2 is 1.73 bits per heavy atom. The van der Waals surface area contributed by atoms with Crippen molar-refractivity contribution in [3.8, 4) is 17.2 Å². The second kappa shape index (κ2) is 8.89. The molecular formula is C20H24N2O4. The molecule has 0 aliphatic rings. The number of hydrogen-bond donors (Lipinski definition) is 1. The Labute approximate surface area is 153 Å². The van der Waals surface area contributed by atoms with E-state index in [9.17, 15) is 4.79 Å². The Hall–Kier alpha value is -3.02. The van der Waals surface area contributed by atoms with Crippen LogP contribution in [-0.2, 0) is 4.79 Å². The van der Waals surface area contributed by atoms with Crippen LogP contribution in [0.25, 0.3) is 0 Å². The fraction of sp³-hybridized carbons (Fsp3) is 0.300. The van der Waals surface area contributed by atoms with Gasteiger partial charge in [0.05, 0.1) is 19.9 Å². The van der Waals surface area contributed by atoms with Crippen molar-refractivity contribution in [1.29, 1.82) is 0 Å². The van der Waals surface area contributed by atoms with Crippen molar-refractivity contribution in [3.63, 3.8) is 0 Å². The smallest absolute Gasteiger partial charge is 0.277 e. The van der Waals surface area contributed by atoms with Gasteiger partial charge in [0.25, 0.3) is 5.91 Å². The van der Waals surface area contributed by atoms with Crippen LogP contribution in [-0.4, -0.2) is 32.4 Å². The molecule has 0 heterocycles. The average Bonchev–Trinajstić information content (AvgIpc) is 2.66.